The summed E-state index contributed by atoms with van der Waals surface area (Å²) in [5.74, 6) is 0.505. The molecule has 2 aromatic carbocycles. The first-order valence-electron chi connectivity index (χ1n) is 10.6. The van der Waals surface area contributed by atoms with Crippen LogP contribution in [0.1, 0.15) is 25.0 Å². The number of hydrogen-bond donors (Lipinski definition) is 4. The average Bonchev–Trinajstić information content (AvgIpc) is 2.77. The van der Waals surface area contributed by atoms with Gasteiger partial charge in [-0.25, -0.2) is 23.2 Å². The van der Waals surface area contributed by atoms with Crippen LogP contribution in [0.5, 0.6) is 0 Å². The van der Waals surface area contributed by atoms with Gasteiger partial charge in [0.1, 0.15) is 10.6 Å². The third-order valence-corrected chi connectivity index (χ3v) is 8.28. The molecule has 0 bridgehead atoms. The van der Waals surface area contributed by atoms with Crippen molar-refractivity contribution >= 4 is 27.4 Å². The zero-order valence-corrected chi connectivity index (χ0v) is 18.7. The van der Waals surface area contributed by atoms with E-state index in [9.17, 15) is 13.2 Å². The van der Waals surface area contributed by atoms with Crippen molar-refractivity contribution in [3.63, 3.8) is 0 Å². The van der Waals surface area contributed by atoms with Crippen molar-refractivity contribution in [2.45, 2.75) is 28.9 Å². The second kappa shape index (κ2) is 9.16. The number of anilines is 2. The lowest BCUT2D eigenvalue weighted by Gasteiger charge is -2.40. The van der Waals surface area contributed by atoms with Crippen LogP contribution in [0.25, 0.3) is 11.4 Å². The van der Waals surface area contributed by atoms with E-state index >= 15 is 0 Å². The van der Waals surface area contributed by atoms with Gasteiger partial charge in [0.25, 0.3) is 0 Å². The Morgan fingerprint density at radius 2 is 1.76 bits per heavy atom. The summed E-state index contributed by atoms with van der Waals surface area (Å²) < 4.78 is 26.0. The number of aliphatic hydroxyl groups excluding tert-OH is 1. The summed E-state index contributed by atoms with van der Waals surface area (Å²) in [4.78, 5) is 20.9. The van der Waals surface area contributed by atoms with Crippen molar-refractivity contribution in [1.29, 1.82) is 0 Å². The molecular weight excluding hydrogens is 442 g/mol. The number of sulfone groups is 1. The molecule has 0 aliphatic heterocycles. The van der Waals surface area contributed by atoms with Gasteiger partial charge in [0.05, 0.1) is 17.2 Å². The molecule has 5 N–H and O–H groups in total. The summed E-state index contributed by atoms with van der Waals surface area (Å²) in [5.41, 5.74) is 7.64. The van der Waals surface area contributed by atoms with Gasteiger partial charge in [0.15, 0.2) is 15.7 Å². The number of benzene rings is 2. The number of urea groups is 1. The summed E-state index contributed by atoms with van der Waals surface area (Å²) in [6.07, 6.45) is 1.71. The number of amides is 2. The second-order valence-corrected chi connectivity index (χ2v) is 10.1. The first-order chi connectivity index (χ1) is 15.9. The average molecular weight is 468 g/mol. The Morgan fingerprint density at radius 3 is 2.36 bits per heavy atom. The molecule has 3 aromatic rings. The van der Waals surface area contributed by atoms with Crippen molar-refractivity contribution in [3.8, 4) is 11.4 Å². The minimum atomic E-state index is -3.68. The highest BCUT2D eigenvalue weighted by atomic mass is 32.2. The van der Waals surface area contributed by atoms with Crippen molar-refractivity contribution in [1.82, 2.24) is 15.3 Å². The van der Waals surface area contributed by atoms with E-state index in [2.05, 4.69) is 20.6 Å². The van der Waals surface area contributed by atoms with Gasteiger partial charge >= 0.3 is 6.03 Å². The number of aromatic nitrogens is 2. The Bertz CT molecular complexity index is 1240. The standard InChI is InChI=1S/C23H25N5O4S/c24-20-15-19(23(11-4-12-23)33(31,32)18-5-2-1-3-6-18)27-21(28-20)16-7-9-17(10-8-16)26-22(30)25-13-14-29/h1-3,5-10,15,29H,4,11-14H2,(H2,24,27,28)(H2,25,26,30). The van der Waals surface area contributed by atoms with Gasteiger partial charge in [-0.2, -0.15) is 0 Å². The normalized spacial score (nSPS) is 14.8. The first kappa shape index (κ1) is 22.7. The topological polar surface area (TPSA) is 147 Å². The molecule has 1 aliphatic rings. The minimum absolute atomic E-state index is 0.150. The molecule has 4 rings (SSSR count). The zero-order chi connectivity index (χ0) is 23.5. The van der Waals surface area contributed by atoms with Crippen LogP contribution in [0.3, 0.4) is 0 Å². The van der Waals surface area contributed by atoms with Crippen molar-refractivity contribution < 1.29 is 18.3 Å². The minimum Gasteiger partial charge on any atom is -0.395 e. The highest BCUT2D eigenvalue weighted by Crippen LogP contribution is 2.50. The third kappa shape index (κ3) is 4.39. The number of nitrogens with two attached hydrogens (primary N) is 1. The Balaban J connectivity index is 1.65. The molecular formula is C23H25N5O4S. The van der Waals surface area contributed by atoms with E-state index in [1.807, 2.05) is 0 Å². The Morgan fingerprint density at radius 1 is 1.06 bits per heavy atom. The molecule has 0 radical (unpaired) electrons. The lowest BCUT2D eigenvalue weighted by atomic mass is 9.81. The molecule has 9 nitrogen and oxygen atoms in total. The van der Waals surface area contributed by atoms with E-state index in [0.717, 1.165) is 6.42 Å². The van der Waals surface area contributed by atoms with Crippen LogP contribution in [0.4, 0.5) is 16.3 Å². The number of nitrogens with one attached hydrogen (secondary N) is 2. The van der Waals surface area contributed by atoms with Crippen LogP contribution in [-0.2, 0) is 14.6 Å². The van der Waals surface area contributed by atoms with Crippen LogP contribution in [0, 0.1) is 0 Å². The van der Waals surface area contributed by atoms with Crippen molar-refractivity contribution in [2.24, 2.45) is 0 Å². The second-order valence-electron chi connectivity index (χ2n) is 7.85. The van der Waals surface area contributed by atoms with E-state index in [1.165, 1.54) is 0 Å². The fourth-order valence-electron chi connectivity index (χ4n) is 3.86. The maximum absolute atomic E-state index is 13.6. The van der Waals surface area contributed by atoms with Gasteiger partial charge in [-0.3, -0.25) is 0 Å². The Kier molecular flexibility index (Phi) is 6.30. The van der Waals surface area contributed by atoms with Gasteiger partial charge < -0.3 is 21.5 Å². The predicted octanol–water partition coefficient (Wildman–Crippen LogP) is 2.69. The molecule has 0 unspecified atom stereocenters. The number of aliphatic hydroxyl groups is 1. The molecule has 2 amide bonds. The molecule has 1 saturated carbocycles. The fraction of sp³-hybridized carbons (Fsp3) is 0.261. The van der Waals surface area contributed by atoms with E-state index < -0.39 is 20.6 Å². The molecule has 172 valence electrons. The monoisotopic (exact) mass is 467 g/mol. The van der Waals surface area contributed by atoms with Gasteiger partial charge in [-0.05, 0) is 55.7 Å². The number of rotatable bonds is 7. The first-order valence-corrected chi connectivity index (χ1v) is 12.0. The van der Waals surface area contributed by atoms with E-state index in [-0.39, 0.29) is 23.9 Å². The number of carbonyl (C=O) groups excluding carboxylic acids is 1. The highest BCUT2D eigenvalue weighted by Gasteiger charge is 2.52. The predicted molar refractivity (Wildman–Crippen MR) is 125 cm³/mol. The summed E-state index contributed by atoms with van der Waals surface area (Å²) in [7, 11) is -3.68. The molecule has 1 heterocycles. The number of nitrogen functional groups attached to an aromatic ring is 1. The Hall–Kier alpha value is -3.50. The quantitative estimate of drug-likeness (QED) is 0.418. The fourth-order valence-corrected chi connectivity index (χ4v) is 6.03. The summed E-state index contributed by atoms with van der Waals surface area (Å²) in [6, 6.07) is 16.3. The Labute approximate surface area is 192 Å². The molecule has 1 fully saturated rings. The maximum atomic E-state index is 13.6. The molecule has 10 heteroatoms. The number of nitrogens with zero attached hydrogens (tertiary/aromatic N) is 2. The van der Waals surface area contributed by atoms with Crippen LogP contribution in [0.2, 0.25) is 0 Å². The lowest BCUT2D eigenvalue weighted by Crippen LogP contribution is -2.43. The van der Waals surface area contributed by atoms with Gasteiger partial charge in [-0.15, -0.1) is 0 Å². The van der Waals surface area contributed by atoms with Crippen molar-refractivity contribution in [3.05, 3.63) is 66.4 Å². The van der Waals surface area contributed by atoms with Gasteiger partial charge in [0.2, 0.25) is 0 Å². The van der Waals surface area contributed by atoms with Crippen LogP contribution < -0.4 is 16.4 Å². The van der Waals surface area contributed by atoms with Gasteiger partial charge in [-0.1, -0.05) is 18.2 Å². The van der Waals surface area contributed by atoms with E-state index in [0.29, 0.717) is 35.6 Å². The van der Waals surface area contributed by atoms with E-state index in [4.69, 9.17) is 10.8 Å². The van der Waals surface area contributed by atoms with Crippen molar-refractivity contribution in [2.75, 3.05) is 24.2 Å². The zero-order valence-electron chi connectivity index (χ0n) is 17.9. The number of hydrogen-bond acceptors (Lipinski definition) is 7. The smallest absolute Gasteiger partial charge is 0.319 e. The summed E-state index contributed by atoms with van der Waals surface area (Å²) >= 11 is 0. The van der Waals surface area contributed by atoms with Crippen LogP contribution >= 0.6 is 0 Å². The van der Waals surface area contributed by atoms with Crippen LogP contribution in [0.15, 0.2) is 65.6 Å². The number of carbonyl (C=O) groups is 1. The van der Waals surface area contributed by atoms with E-state index in [1.54, 1.807) is 60.7 Å². The third-order valence-electron chi connectivity index (χ3n) is 5.74. The maximum Gasteiger partial charge on any atom is 0.319 e. The highest BCUT2D eigenvalue weighted by molar-refractivity contribution is 7.92. The lowest BCUT2D eigenvalue weighted by molar-refractivity contribution is 0.245. The van der Waals surface area contributed by atoms with Crippen LogP contribution in [-0.4, -0.2) is 42.7 Å². The summed E-state index contributed by atoms with van der Waals surface area (Å²) in [5, 5.41) is 13.9. The molecule has 33 heavy (non-hydrogen) atoms. The van der Waals surface area contributed by atoms with Gasteiger partial charge in [0, 0.05) is 23.9 Å². The molecule has 1 aromatic heterocycles. The molecule has 1 aliphatic carbocycles. The molecule has 0 saturated heterocycles. The SMILES string of the molecule is Nc1cc(C2(S(=O)(=O)c3ccccc3)CCC2)nc(-c2ccc(NC(=O)NCCO)cc2)n1. The summed E-state index contributed by atoms with van der Waals surface area (Å²) in [6.45, 7) is 0.000405. The largest absolute Gasteiger partial charge is 0.395 e. The molecule has 0 spiro atoms. The molecule has 0 atom stereocenters.